The Labute approximate surface area is 85.3 Å². The predicted molar refractivity (Wildman–Crippen MR) is 59.4 cm³/mol. The second kappa shape index (κ2) is 5.37. The largest absolute Gasteiger partial charge is 0.367 e. The molecule has 0 spiro atoms. The molecular weight excluding hydrogens is 174 g/mol. The second-order valence-corrected chi connectivity index (χ2v) is 3.31. The highest BCUT2D eigenvalue weighted by Gasteiger charge is 2.04. The minimum Gasteiger partial charge on any atom is -0.367 e. The van der Waals surface area contributed by atoms with Crippen molar-refractivity contribution in [2.75, 3.05) is 11.9 Å². The molecule has 1 atom stereocenters. The zero-order chi connectivity index (χ0) is 10.4. The van der Waals surface area contributed by atoms with Crippen LogP contribution >= 0.6 is 0 Å². The lowest BCUT2D eigenvalue weighted by atomic mass is 10.1. The van der Waals surface area contributed by atoms with Crippen LogP contribution in [0.5, 0.6) is 0 Å². The highest BCUT2D eigenvalue weighted by molar-refractivity contribution is 5.36. The molecule has 1 aromatic heterocycles. The highest BCUT2D eigenvalue weighted by atomic mass is 15.0. The van der Waals surface area contributed by atoms with Gasteiger partial charge in [-0.05, 0) is 12.3 Å². The lowest BCUT2D eigenvalue weighted by Crippen LogP contribution is -2.03. The van der Waals surface area contributed by atoms with Crippen LogP contribution in [0.4, 0.5) is 5.82 Å². The van der Waals surface area contributed by atoms with E-state index in [-0.39, 0.29) is 0 Å². The monoisotopic (exact) mass is 191 g/mol. The van der Waals surface area contributed by atoms with Gasteiger partial charge in [-0.2, -0.15) is 0 Å². The summed E-state index contributed by atoms with van der Waals surface area (Å²) in [5.74, 6) is 1.36. The molecule has 0 aliphatic heterocycles. The molecule has 3 heteroatoms. The Morgan fingerprint density at radius 3 is 3.00 bits per heavy atom. The Bertz CT molecular complexity index is 296. The number of hydrogen-bond donors (Lipinski definition) is 1. The fraction of sp³-hybridized carbons (Fsp3) is 0.455. The molecule has 1 aromatic rings. The van der Waals surface area contributed by atoms with Crippen molar-refractivity contribution in [1.82, 2.24) is 9.97 Å². The number of nitrogens with one attached hydrogen (secondary N) is 1. The normalized spacial score (nSPS) is 12.1. The third-order valence-electron chi connectivity index (χ3n) is 2.23. The van der Waals surface area contributed by atoms with Crippen LogP contribution in [0.2, 0.25) is 0 Å². The van der Waals surface area contributed by atoms with E-state index < -0.39 is 0 Å². The van der Waals surface area contributed by atoms with Gasteiger partial charge >= 0.3 is 0 Å². The zero-order valence-corrected chi connectivity index (χ0v) is 8.83. The molecule has 0 aliphatic rings. The summed E-state index contributed by atoms with van der Waals surface area (Å²) in [5.41, 5.74) is 1.09. The fourth-order valence-electron chi connectivity index (χ4n) is 1.12. The van der Waals surface area contributed by atoms with Crippen molar-refractivity contribution in [1.29, 1.82) is 0 Å². The fourth-order valence-corrected chi connectivity index (χ4v) is 1.12. The molecule has 14 heavy (non-hydrogen) atoms. The molecule has 1 N–H and O–H groups in total. The van der Waals surface area contributed by atoms with Gasteiger partial charge in [-0.25, -0.2) is 9.97 Å². The summed E-state index contributed by atoms with van der Waals surface area (Å²) in [5, 5.41) is 3.14. The maximum Gasteiger partial charge on any atom is 0.129 e. The van der Waals surface area contributed by atoms with E-state index in [0.717, 1.165) is 24.5 Å². The van der Waals surface area contributed by atoms with Gasteiger partial charge in [0.15, 0.2) is 0 Å². The number of rotatable bonds is 5. The molecule has 3 nitrogen and oxygen atoms in total. The van der Waals surface area contributed by atoms with Gasteiger partial charge in [-0.1, -0.05) is 19.9 Å². The van der Waals surface area contributed by atoms with Crippen LogP contribution in [-0.2, 0) is 0 Å². The van der Waals surface area contributed by atoms with Gasteiger partial charge in [-0.3, -0.25) is 0 Å². The molecule has 0 aliphatic carbocycles. The summed E-state index contributed by atoms with van der Waals surface area (Å²) < 4.78 is 0. The van der Waals surface area contributed by atoms with Crippen molar-refractivity contribution in [3.05, 3.63) is 30.7 Å². The summed E-state index contributed by atoms with van der Waals surface area (Å²) >= 11 is 0. The first-order chi connectivity index (χ1) is 6.77. The molecule has 1 heterocycles. The van der Waals surface area contributed by atoms with Crippen molar-refractivity contribution in [3.8, 4) is 0 Å². The molecule has 0 saturated heterocycles. The zero-order valence-electron chi connectivity index (χ0n) is 8.83. The summed E-state index contributed by atoms with van der Waals surface area (Å²) in [7, 11) is 0. The SMILES string of the molecule is C=CCNc1cc(C(C)CC)ncn1. The third-order valence-corrected chi connectivity index (χ3v) is 2.23. The second-order valence-electron chi connectivity index (χ2n) is 3.31. The van der Waals surface area contributed by atoms with E-state index in [1.807, 2.05) is 12.1 Å². The maximum absolute atomic E-state index is 4.24. The van der Waals surface area contributed by atoms with Gasteiger partial charge in [0, 0.05) is 18.3 Å². The van der Waals surface area contributed by atoms with Gasteiger partial charge < -0.3 is 5.32 Å². The van der Waals surface area contributed by atoms with Crippen LogP contribution in [0.25, 0.3) is 0 Å². The van der Waals surface area contributed by atoms with E-state index >= 15 is 0 Å². The van der Waals surface area contributed by atoms with Crippen molar-refractivity contribution < 1.29 is 0 Å². The number of nitrogens with zero attached hydrogens (tertiary/aromatic N) is 2. The van der Waals surface area contributed by atoms with Crippen molar-refractivity contribution >= 4 is 5.82 Å². The van der Waals surface area contributed by atoms with Gasteiger partial charge in [-0.15, -0.1) is 6.58 Å². The van der Waals surface area contributed by atoms with E-state index in [1.165, 1.54) is 0 Å². The lowest BCUT2D eigenvalue weighted by Gasteiger charge is -2.09. The standard InChI is InChI=1S/C11H17N3/c1-4-6-12-11-7-10(9(3)5-2)13-8-14-11/h4,7-9H,1,5-6H2,2-3H3,(H,12,13,14). The first-order valence-corrected chi connectivity index (χ1v) is 4.94. The minimum atomic E-state index is 0.488. The van der Waals surface area contributed by atoms with Gasteiger partial charge in [0.05, 0.1) is 0 Å². The Morgan fingerprint density at radius 2 is 2.36 bits per heavy atom. The van der Waals surface area contributed by atoms with Crippen molar-refractivity contribution in [2.24, 2.45) is 0 Å². The molecule has 1 rings (SSSR count). The van der Waals surface area contributed by atoms with E-state index in [1.54, 1.807) is 6.33 Å². The molecule has 0 radical (unpaired) electrons. The first kappa shape index (κ1) is 10.7. The Morgan fingerprint density at radius 1 is 1.57 bits per heavy atom. The third kappa shape index (κ3) is 2.83. The molecular formula is C11H17N3. The molecule has 0 amide bonds. The Kier molecular flexibility index (Phi) is 4.11. The molecule has 0 fully saturated rings. The predicted octanol–water partition coefficient (Wildman–Crippen LogP) is 2.59. The minimum absolute atomic E-state index is 0.488. The van der Waals surface area contributed by atoms with Crippen LogP contribution < -0.4 is 5.32 Å². The number of aromatic nitrogens is 2. The van der Waals surface area contributed by atoms with E-state index in [2.05, 4.69) is 35.7 Å². The average Bonchev–Trinajstić information content (AvgIpc) is 2.25. The van der Waals surface area contributed by atoms with Crippen LogP contribution in [0.3, 0.4) is 0 Å². The molecule has 76 valence electrons. The van der Waals surface area contributed by atoms with Crippen LogP contribution in [0.1, 0.15) is 31.9 Å². The molecule has 1 unspecified atom stereocenters. The van der Waals surface area contributed by atoms with Crippen LogP contribution in [0.15, 0.2) is 25.0 Å². The summed E-state index contributed by atoms with van der Waals surface area (Å²) in [6.07, 6.45) is 4.51. The maximum atomic E-state index is 4.24. The van der Waals surface area contributed by atoms with Crippen LogP contribution in [-0.4, -0.2) is 16.5 Å². The number of hydrogen-bond acceptors (Lipinski definition) is 3. The summed E-state index contributed by atoms with van der Waals surface area (Å²) in [4.78, 5) is 8.36. The molecule has 0 saturated carbocycles. The molecule has 0 aromatic carbocycles. The summed E-state index contributed by atoms with van der Waals surface area (Å²) in [6.45, 7) is 8.70. The molecule has 0 bridgehead atoms. The Hall–Kier alpha value is -1.38. The van der Waals surface area contributed by atoms with E-state index in [4.69, 9.17) is 0 Å². The lowest BCUT2D eigenvalue weighted by molar-refractivity contribution is 0.705. The van der Waals surface area contributed by atoms with Crippen LogP contribution in [0, 0.1) is 0 Å². The van der Waals surface area contributed by atoms with Gasteiger partial charge in [0.25, 0.3) is 0 Å². The quantitative estimate of drug-likeness (QED) is 0.727. The van der Waals surface area contributed by atoms with Crippen molar-refractivity contribution in [2.45, 2.75) is 26.2 Å². The van der Waals surface area contributed by atoms with Crippen molar-refractivity contribution in [3.63, 3.8) is 0 Å². The van der Waals surface area contributed by atoms with E-state index in [0.29, 0.717) is 5.92 Å². The van der Waals surface area contributed by atoms with E-state index in [9.17, 15) is 0 Å². The number of anilines is 1. The summed E-state index contributed by atoms with van der Waals surface area (Å²) in [6, 6.07) is 2.00. The highest BCUT2D eigenvalue weighted by Crippen LogP contribution is 2.17. The first-order valence-electron chi connectivity index (χ1n) is 4.94. The topological polar surface area (TPSA) is 37.8 Å². The average molecular weight is 191 g/mol. The van der Waals surface area contributed by atoms with Gasteiger partial charge in [0.1, 0.15) is 12.1 Å². The smallest absolute Gasteiger partial charge is 0.129 e. The Balaban J connectivity index is 2.73. The van der Waals surface area contributed by atoms with Gasteiger partial charge in [0.2, 0.25) is 0 Å².